The van der Waals surface area contributed by atoms with Crippen molar-refractivity contribution in [1.82, 2.24) is 9.38 Å². The van der Waals surface area contributed by atoms with Crippen LogP contribution in [0.25, 0.3) is 16.9 Å². The number of rotatable bonds is 4. The molecule has 2 heterocycles. The summed E-state index contributed by atoms with van der Waals surface area (Å²) < 4.78 is 1.93. The number of fused-ring (bicyclic) bond motifs is 1. The van der Waals surface area contributed by atoms with E-state index in [2.05, 4.69) is 0 Å². The second kappa shape index (κ2) is 7.66. The Hall–Kier alpha value is -2.82. The van der Waals surface area contributed by atoms with Gasteiger partial charge in [-0.15, -0.1) is 0 Å². The Kier molecular flexibility index (Phi) is 5.07. The molecule has 0 spiro atoms. The lowest BCUT2D eigenvalue weighted by atomic mass is 10.1. The Morgan fingerprint density at radius 3 is 2.46 bits per heavy atom. The smallest absolute Gasteiger partial charge is 0.225 e. The second-order valence-corrected chi connectivity index (χ2v) is 7.25. The van der Waals surface area contributed by atoms with Crippen molar-refractivity contribution in [2.24, 2.45) is 0 Å². The van der Waals surface area contributed by atoms with E-state index in [1.807, 2.05) is 65.2 Å². The molecule has 0 aliphatic carbocycles. The number of carbonyl (C=O) groups excluding carboxylic acids is 1. The quantitative estimate of drug-likeness (QED) is 0.423. The molecule has 0 bridgehead atoms. The molecule has 0 unspecified atom stereocenters. The maximum absolute atomic E-state index is 12.7. The van der Waals surface area contributed by atoms with Gasteiger partial charge in [0.2, 0.25) is 5.91 Å². The Morgan fingerprint density at radius 2 is 1.75 bits per heavy atom. The van der Waals surface area contributed by atoms with E-state index in [0.29, 0.717) is 16.6 Å². The van der Waals surface area contributed by atoms with Crippen LogP contribution in [-0.2, 0) is 11.3 Å². The molecule has 0 N–H and O–H groups in total. The van der Waals surface area contributed by atoms with Gasteiger partial charge in [0.25, 0.3) is 0 Å². The van der Waals surface area contributed by atoms with Crippen molar-refractivity contribution in [2.45, 2.75) is 13.5 Å². The minimum atomic E-state index is -0.0890. The number of halogens is 2. The van der Waals surface area contributed by atoms with Gasteiger partial charge in [-0.2, -0.15) is 0 Å². The van der Waals surface area contributed by atoms with E-state index in [0.717, 1.165) is 28.3 Å². The lowest BCUT2D eigenvalue weighted by Gasteiger charge is -2.22. The summed E-state index contributed by atoms with van der Waals surface area (Å²) in [6.07, 6.45) is 1.91. The summed E-state index contributed by atoms with van der Waals surface area (Å²) in [4.78, 5) is 19.1. The van der Waals surface area contributed by atoms with E-state index >= 15 is 0 Å². The molecule has 2 aromatic heterocycles. The molecule has 2 aromatic carbocycles. The third-order valence-electron chi connectivity index (χ3n) is 4.51. The van der Waals surface area contributed by atoms with E-state index in [4.69, 9.17) is 28.2 Å². The first kappa shape index (κ1) is 18.5. The fourth-order valence-corrected chi connectivity index (χ4v) is 3.51. The number of hydrogen-bond acceptors (Lipinski definition) is 2. The minimum absolute atomic E-state index is 0.0890. The summed E-state index contributed by atoms with van der Waals surface area (Å²) in [7, 11) is 0. The topological polar surface area (TPSA) is 37.6 Å². The Bertz CT molecular complexity index is 1160. The van der Waals surface area contributed by atoms with Crippen molar-refractivity contribution in [3.05, 3.63) is 88.5 Å². The van der Waals surface area contributed by atoms with Crippen LogP contribution in [0.1, 0.15) is 12.5 Å². The molecule has 140 valence electrons. The molecule has 1 amide bonds. The fraction of sp³-hybridized carbons (Fsp3) is 0.0909. The van der Waals surface area contributed by atoms with Crippen molar-refractivity contribution in [1.29, 1.82) is 0 Å². The number of benzene rings is 2. The highest BCUT2D eigenvalue weighted by Gasteiger charge is 2.23. The van der Waals surface area contributed by atoms with E-state index in [-0.39, 0.29) is 5.91 Å². The van der Waals surface area contributed by atoms with Crippen molar-refractivity contribution < 1.29 is 4.79 Å². The zero-order chi connectivity index (χ0) is 19.7. The molecule has 4 nitrogen and oxygen atoms in total. The van der Waals surface area contributed by atoms with Crippen LogP contribution in [0.15, 0.2) is 72.9 Å². The van der Waals surface area contributed by atoms with Gasteiger partial charge in [0.1, 0.15) is 17.2 Å². The number of pyridine rings is 1. The highest BCUT2D eigenvalue weighted by atomic mass is 35.5. The Balaban J connectivity index is 1.88. The van der Waals surface area contributed by atoms with Crippen molar-refractivity contribution in [3.8, 4) is 11.3 Å². The molecule has 28 heavy (non-hydrogen) atoms. The third kappa shape index (κ3) is 3.49. The molecule has 0 saturated heterocycles. The molecule has 0 atom stereocenters. The van der Waals surface area contributed by atoms with Gasteiger partial charge >= 0.3 is 0 Å². The maximum Gasteiger partial charge on any atom is 0.225 e. The summed E-state index contributed by atoms with van der Waals surface area (Å²) in [5, 5.41) is 0.948. The molecule has 0 fully saturated rings. The molecule has 0 radical (unpaired) electrons. The predicted molar refractivity (Wildman–Crippen MR) is 114 cm³/mol. The zero-order valence-corrected chi connectivity index (χ0v) is 16.7. The first-order valence-corrected chi connectivity index (χ1v) is 9.55. The van der Waals surface area contributed by atoms with Gasteiger partial charge in [-0.05, 0) is 29.8 Å². The average Bonchev–Trinajstić information content (AvgIpc) is 3.08. The lowest BCUT2D eigenvalue weighted by Crippen LogP contribution is -2.29. The molecule has 0 aliphatic heterocycles. The van der Waals surface area contributed by atoms with Crippen molar-refractivity contribution >= 4 is 40.6 Å². The standard InChI is InChI=1S/C22H17Cl2N3O/c1-15(28)27(14-16-10-11-18(23)19(24)13-16)22-21(17-7-3-2-4-8-17)25-20-9-5-6-12-26(20)22/h2-13H,14H2,1H3. The van der Waals surface area contributed by atoms with Crippen LogP contribution < -0.4 is 4.90 Å². The number of hydrogen-bond donors (Lipinski definition) is 0. The lowest BCUT2D eigenvalue weighted by molar-refractivity contribution is -0.116. The summed E-state index contributed by atoms with van der Waals surface area (Å²) >= 11 is 12.2. The van der Waals surface area contributed by atoms with E-state index in [1.165, 1.54) is 0 Å². The number of imidazole rings is 1. The zero-order valence-electron chi connectivity index (χ0n) is 15.1. The second-order valence-electron chi connectivity index (χ2n) is 6.43. The van der Waals surface area contributed by atoms with Gasteiger partial charge in [-0.25, -0.2) is 4.98 Å². The van der Waals surface area contributed by atoms with Gasteiger partial charge in [-0.3, -0.25) is 14.1 Å². The molecule has 0 saturated carbocycles. The van der Waals surface area contributed by atoms with Crippen LogP contribution in [0.3, 0.4) is 0 Å². The van der Waals surface area contributed by atoms with Gasteiger partial charge in [0.05, 0.1) is 16.6 Å². The Labute approximate surface area is 173 Å². The van der Waals surface area contributed by atoms with E-state index < -0.39 is 0 Å². The van der Waals surface area contributed by atoms with Crippen LogP contribution >= 0.6 is 23.2 Å². The fourth-order valence-electron chi connectivity index (χ4n) is 3.19. The predicted octanol–water partition coefficient (Wildman–Crippen LogP) is 5.86. The van der Waals surface area contributed by atoms with Crippen LogP contribution in [0.4, 0.5) is 5.82 Å². The van der Waals surface area contributed by atoms with Crippen LogP contribution in [0.5, 0.6) is 0 Å². The van der Waals surface area contributed by atoms with Gasteiger partial charge < -0.3 is 0 Å². The summed E-state index contributed by atoms with van der Waals surface area (Å²) in [5.74, 6) is 0.634. The first-order valence-electron chi connectivity index (χ1n) is 8.79. The monoisotopic (exact) mass is 409 g/mol. The molecule has 0 aliphatic rings. The molecular formula is C22H17Cl2N3O. The average molecular weight is 410 g/mol. The summed E-state index contributed by atoms with van der Waals surface area (Å²) in [6, 6.07) is 21.0. The molecule has 6 heteroatoms. The van der Waals surface area contributed by atoms with E-state index in [1.54, 1.807) is 24.0 Å². The van der Waals surface area contributed by atoms with Crippen LogP contribution in [0.2, 0.25) is 10.0 Å². The van der Waals surface area contributed by atoms with Gasteiger partial charge in [-0.1, -0.05) is 65.7 Å². The third-order valence-corrected chi connectivity index (χ3v) is 5.25. The first-order chi connectivity index (χ1) is 13.5. The number of amides is 1. The van der Waals surface area contributed by atoms with Gasteiger partial charge in [0, 0.05) is 18.7 Å². The summed E-state index contributed by atoms with van der Waals surface area (Å²) in [5.41, 5.74) is 3.36. The SMILES string of the molecule is CC(=O)N(Cc1ccc(Cl)c(Cl)c1)c1c(-c2ccccc2)nc2ccccn12. The number of nitrogens with zero attached hydrogens (tertiary/aromatic N) is 3. The number of anilines is 1. The largest absolute Gasteiger partial charge is 0.292 e. The van der Waals surface area contributed by atoms with Crippen molar-refractivity contribution in [3.63, 3.8) is 0 Å². The highest BCUT2D eigenvalue weighted by molar-refractivity contribution is 6.42. The van der Waals surface area contributed by atoms with Gasteiger partial charge in [0.15, 0.2) is 0 Å². The van der Waals surface area contributed by atoms with E-state index in [9.17, 15) is 4.79 Å². The maximum atomic E-state index is 12.7. The normalized spacial score (nSPS) is 11.0. The Morgan fingerprint density at radius 1 is 1.00 bits per heavy atom. The number of carbonyl (C=O) groups is 1. The summed E-state index contributed by atoms with van der Waals surface area (Å²) in [6.45, 7) is 1.91. The van der Waals surface area contributed by atoms with Crippen molar-refractivity contribution in [2.75, 3.05) is 4.90 Å². The molecule has 4 rings (SSSR count). The van der Waals surface area contributed by atoms with Crippen LogP contribution in [-0.4, -0.2) is 15.3 Å². The number of aromatic nitrogens is 2. The molecule has 4 aromatic rings. The minimum Gasteiger partial charge on any atom is -0.292 e. The molecular weight excluding hydrogens is 393 g/mol. The highest BCUT2D eigenvalue weighted by Crippen LogP contribution is 2.33. The van der Waals surface area contributed by atoms with Crippen LogP contribution in [0, 0.1) is 0 Å².